The van der Waals surface area contributed by atoms with Gasteiger partial charge in [0.05, 0.1) is 6.10 Å². The molecule has 2 N–H and O–H groups in total. The molecule has 0 aromatic rings. The van der Waals surface area contributed by atoms with Gasteiger partial charge in [-0.05, 0) is 0 Å². The van der Waals surface area contributed by atoms with Crippen molar-refractivity contribution in [2.75, 3.05) is 7.11 Å². The highest BCUT2D eigenvalue weighted by Gasteiger charge is 2.50. The van der Waals surface area contributed by atoms with Crippen LogP contribution < -0.4 is 5.32 Å². The largest absolute Gasteiger partial charge is 0.480 e. The van der Waals surface area contributed by atoms with Gasteiger partial charge < -0.3 is 15.2 Å². The van der Waals surface area contributed by atoms with E-state index in [9.17, 15) is 9.59 Å². The number of carboxylic acids is 1. The van der Waals surface area contributed by atoms with Crippen LogP contribution >= 0.6 is 0 Å². The second-order valence-corrected chi connectivity index (χ2v) is 2.92. The molecule has 0 aliphatic heterocycles. The molecule has 0 bridgehead atoms. The average Bonchev–Trinajstić information content (AvgIpc) is 1.95. The molecule has 1 aliphatic carbocycles. The molecule has 0 radical (unpaired) electrons. The lowest BCUT2D eigenvalue weighted by Crippen LogP contribution is -2.62. The van der Waals surface area contributed by atoms with Crippen LogP contribution in [0, 0.1) is 0 Å². The number of carboxylic acid groups (broad SMARTS) is 1. The molecule has 1 amide bonds. The SMILES string of the molecule is COC1CC(NC=O)(C(=O)O)C1. The number of aliphatic carboxylic acids is 1. The molecule has 1 rings (SSSR count). The fourth-order valence-corrected chi connectivity index (χ4v) is 1.35. The molecule has 0 unspecified atom stereocenters. The van der Waals surface area contributed by atoms with E-state index in [0.29, 0.717) is 19.3 Å². The van der Waals surface area contributed by atoms with E-state index < -0.39 is 11.5 Å². The van der Waals surface area contributed by atoms with Gasteiger partial charge in [0.2, 0.25) is 6.41 Å². The summed E-state index contributed by atoms with van der Waals surface area (Å²) in [5.74, 6) is -0.997. The number of hydrogen-bond donors (Lipinski definition) is 2. The number of nitrogens with one attached hydrogen (secondary N) is 1. The monoisotopic (exact) mass is 173 g/mol. The van der Waals surface area contributed by atoms with Gasteiger partial charge in [0.15, 0.2) is 0 Å². The highest BCUT2D eigenvalue weighted by atomic mass is 16.5. The van der Waals surface area contributed by atoms with Gasteiger partial charge in [-0.15, -0.1) is 0 Å². The average molecular weight is 173 g/mol. The van der Waals surface area contributed by atoms with Crippen LogP contribution in [0.2, 0.25) is 0 Å². The first kappa shape index (κ1) is 8.99. The molecule has 5 heteroatoms. The standard InChI is InChI=1S/C7H11NO4/c1-12-5-2-7(3-5,6(10)11)8-4-9/h4-5H,2-3H2,1H3,(H,8,9)(H,10,11). The summed E-state index contributed by atoms with van der Waals surface area (Å²) >= 11 is 0. The second kappa shape index (κ2) is 3.10. The minimum atomic E-state index is -1.08. The highest BCUT2D eigenvalue weighted by molar-refractivity contribution is 5.83. The van der Waals surface area contributed by atoms with Crippen molar-refractivity contribution < 1.29 is 19.4 Å². The fourth-order valence-electron chi connectivity index (χ4n) is 1.35. The van der Waals surface area contributed by atoms with Crippen molar-refractivity contribution in [3.63, 3.8) is 0 Å². The summed E-state index contributed by atoms with van der Waals surface area (Å²) in [7, 11) is 1.53. The Bertz CT molecular complexity index is 198. The smallest absolute Gasteiger partial charge is 0.329 e. The van der Waals surface area contributed by atoms with Crippen molar-refractivity contribution in [2.45, 2.75) is 24.5 Å². The third-order valence-corrected chi connectivity index (χ3v) is 2.23. The zero-order chi connectivity index (χ0) is 9.19. The Morgan fingerprint density at radius 2 is 2.33 bits per heavy atom. The minimum absolute atomic E-state index is 0.0476. The van der Waals surface area contributed by atoms with E-state index in [1.54, 1.807) is 0 Å². The number of methoxy groups -OCH3 is 1. The quantitative estimate of drug-likeness (QED) is 0.555. The number of ether oxygens (including phenoxy) is 1. The molecular formula is C7H11NO4. The number of carbonyl (C=O) groups is 2. The van der Waals surface area contributed by atoms with Crippen LogP contribution in [0.25, 0.3) is 0 Å². The van der Waals surface area contributed by atoms with E-state index in [2.05, 4.69) is 5.32 Å². The highest BCUT2D eigenvalue weighted by Crippen LogP contribution is 2.33. The van der Waals surface area contributed by atoms with Crippen LogP contribution in [-0.4, -0.2) is 36.2 Å². The summed E-state index contributed by atoms with van der Waals surface area (Å²) in [6, 6.07) is 0. The van der Waals surface area contributed by atoms with Crippen LogP contribution in [0.4, 0.5) is 0 Å². The summed E-state index contributed by atoms with van der Waals surface area (Å²) in [5, 5.41) is 11.1. The molecule has 12 heavy (non-hydrogen) atoms. The normalized spacial score (nSPS) is 33.6. The lowest BCUT2D eigenvalue weighted by atomic mass is 9.74. The lowest BCUT2D eigenvalue weighted by molar-refractivity contribution is -0.157. The van der Waals surface area contributed by atoms with Crippen molar-refractivity contribution in [1.29, 1.82) is 0 Å². The van der Waals surface area contributed by atoms with Gasteiger partial charge in [-0.25, -0.2) is 4.79 Å². The predicted octanol–water partition coefficient (Wildman–Crippen LogP) is -0.635. The second-order valence-electron chi connectivity index (χ2n) is 2.92. The Balaban J connectivity index is 2.55. The zero-order valence-electron chi connectivity index (χ0n) is 6.74. The molecule has 0 aromatic heterocycles. The predicted molar refractivity (Wildman–Crippen MR) is 39.6 cm³/mol. The van der Waals surface area contributed by atoms with E-state index in [1.165, 1.54) is 7.11 Å². The third-order valence-electron chi connectivity index (χ3n) is 2.23. The van der Waals surface area contributed by atoms with Gasteiger partial charge in [-0.1, -0.05) is 0 Å². The number of rotatable bonds is 4. The molecule has 1 aliphatic rings. The topological polar surface area (TPSA) is 75.6 Å². The third kappa shape index (κ3) is 1.27. The number of hydrogen-bond acceptors (Lipinski definition) is 3. The van der Waals surface area contributed by atoms with E-state index in [4.69, 9.17) is 9.84 Å². The molecule has 0 heterocycles. The van der Waals surface area contributed by atoms with Crippen molar-refractivity contribution >= 4 is 12.4 Å². The molecule has 0 atom stereocenters. The minimum Gasteiger partial charge on any atom is -0.480 e. The Morgan fingerprint density at radius 1 is 1.75 bits per heavy atom. The van der Waals surface area contributed by atoms with Gasteiger partial charge in [0.25, 0.3) is 0 Å². The van der Waals surface area contributed by atoms with Crippen molar-refractivity contribution in [3.05, 3.63) is 0 Å². The van der Waals surface area contributed by atoms with E-state index in [1.807, 2.05) is 0 Å². The summed E-state index contributed by atoms with van der Waals surface area (Å²) in [6.07, 6.45) is 1.06. The Kier molecular flexibility index (Phi) is 2.32. The van der Waals surface area contributed by atoms with Gasteiger partial charge in [-0.3, -0.25) is 4.79 Å². The Morgan fingerprint density at radius 3 is 2.67 bits per heavy atom. The van der Waals surface area contributed by atoms with Crippen LogP contribution in [-0.2, 0) is 14.3 Å². The van der Waals surface area contributed by atoms with E-state index >= 15 is 0 Å². The molecular weight excluding hydrogens is 162 g/mol. The zero-order valence-corrected chi connectivity index (χ0v) is 6.74. The van der Waals surface area contributed by atoms with Crippen molar-refractivity contribution in [3.8, 4) is 0 Å². The Labute approximate surface area is 69.7 Å². The molecule has 1 fully saturated rings. The summed E-state index contributed by atoms with van der Waals surface area (Å²) in [5.41, 5.74) is -1.08. The van der Waals surface area contributed by atoms with Crippen LogP contribution in [0.3, 0.4) is 0 Å². The maximum atomic E-state index is 10.7. The summed E-state index contributed by atoms with van der Waals surface area (Å²) < 4.78 is 4.92. The first-order valence-electron chi connectivity index (χ1n) is 3.62. The molecule has 68 valence electrons. The summed E-state index contributed by atoms with van der Waals surface area (Å²) in [6.45, 7) is 0. The maximum absolute atomic E-state index is 10.7. The lowest BCUT2D eigenvalue weighted by Gasteiger charge is -2.42. The number of carbonyl (C=O) groups excluding carboxylic acids is 1. The molecule has 5 nitrogen and oxygen atoms in total. The van der Waals surface area contributed by atoms with Gasteiger partial charge in [0, 0.05) is 20.0 Å². The first-order valence-corrected chi connectivity index (χ1v) is 3.62. The van der Waals surface area contributed by atoms with Gasteiger partial charge >= 0.3 is 5.97 Å². The molecule has 0 spiro atoms. The number of amides is 1. The fraction of sp³-hybridized carbons (Fsp3) is 0.714. The van der Waals surface area contributed by atoms with Gasteiger partial charge in [0.1, 0.15) is 5.54 Å². The molecule has 0 aromatic carbocycles. The molecule has 1 saturated carbocycles. The van der Waals surface area contributed by atoms with E-state index in [-0.39, 0.29) is 6.10 Å². The van der Waals surface area contributed by atoms with Crippen LogP contribution in [0.15, 0.2) is 0 Å². The van der Waals surface area contributed by atoms with E-state index in [0.717, 1.165) is 0 Å². The summed E-state index contributed by atoms with van der Waals surface area (Å²) in [4.78, 5) is 20.8. The van der Waals surface area contributed by atoms with Crippen LogP contribution in [0.5, 0.6) is 0 Å². The first-order chi connectivity index (χ1) is 5.64. The van der Waals surface area contributed by atoms with Crippen molar-refractivity contribution in [2.24, 2.45) is 0 Å². The maximum Gasteiger partial charge on any atom is 0.329 e. The van der Waals surface area contributed by atoms with Gasteiger partial charge in [-0.2, -0.15) is 0 Å². The van der Waals surface area contributed by atoms with Crippen LogP contribution in [0.1, 0.15) is 12.8 Å². The molecule has 0 saturated heterocycles. The van der Waals surface area contributed by atoms with Crippen molar-refractivity contribution in [1.82, 2.24) is 5.32 Å². The Hall–Kier alpha value is -1.10.